The number of pyridine rings is 4. The fraction of sp³-hybridized carbons (Fsp3) is 0. The maximum Gasteiger partial charge on any atom is 0.118 e. The number of aromatic nitrogens is 4. The lowest BCUT2D eigenvalue weighted by Gasteiger charge is -2.19. The summed E-state index contributed by atoms with van der Waals surface area (Å²) in [4.78, 5) is 18.9. The van der Waals surface area contributed by atoms with Gasteiger partial charge in [0.2, 0.25) is 0 Å². The smallest absolute Gasteiger partial charge is 0.118 e. The molecule has 2 N–H and O–H groups in total. The number of benzene rings is 5. The number of rotatable bonds is 8. The molecule has 0 fully saturated rings. The monoisotopic (exact) mass is 757 g/mol. The zero-order valence-corrected chi connectivity index (χ0v) is 31.8. The van der Waals surface area contributed by atoms with Gasteiger partial charge in [0.25, 0.3) is 0 Å². The second-order valence-electron chi connectivity index (χ2n) is 14.1. The highest BCUT2D eigenvalue weighted by Gasteiger charge is 2.25. The van der Waals surface area contributed by atoms with Crippen molar-refractivity contribution in [3.8, 4) is 45.0 Å². The van der Waals surface area contributed by atoms with Crippen LogP contribution in [0.4, 0.5) is 5.69 Å². The zero-order chi connectivity index (χ0) is 39.5. The Labute approximate surface area is 341 Å². The highest BCUT2D eigenvalue weighted by molar-refractivity contribution is 6.69. The van der Waals surface area contributed by atoms with Crippen LogP contribution >= 0.6 is 0 Å². The summed E-state index contributed by atoms with van der Waals surface area (Å²) < 4.78 is 0. The molecule has 1 aliphatic carbocycles. The molecule has 4 heterocycles. The maximum absolute atomic E-state index is 9.58. The molecule has 0 saturated heterocycles. The van der Waals surface area contributed by atoms with Crippen molar-refractivity contribution >= 4 is 49.8 Å². The highest BCUT2D eigenvalue weighted by Crippen LogP contribution is 2.43. The summed E-state index contributed by atoms with van der Waals surface area (Å²) in [5, 5.41) is 19.3. The molecule has 4 aromatic heterocycles. The fourth-order valence-electron chi connectivity index (χ4n) is 7.80. The molecule has 10 rings (SSSR count). The van der Waals surface area contributed by atoms with Gasteiger partial charge < -0.3 is 0 Å². The SMILES string of the molecule is N=C1C(c2cccc(-c3ccccn3)n2)=CC=C(c2cccc(-c3ccccn3)n2)C1=NNc1ccc(-c2c3ccccc3c(-c3ccccc3)c3ccccc23)cc1. The quantitative estimate of drug-likeness (QED) is 0.0913. The Hall–Kier alpha value is -8.16. The average molecular weight is 758 g/mol. The zero-order valence-electron chi connectivity index (χ0n) is 31.8. The predicted molar refractivity (Wildman–Crippen MR) is 242 cm³/mol. The van der Waals surface area contributed by atoms with Crippen molar-refractivity contribution in [3.63, 3.8) is 0 Å². The summed E-state index contributed by atoms with van der Waals surface area (Å²) in [6.07, 6.45) is 7.39. The van der Waals surface area contributed by atoms with Gasteiger partial charge in [-0.1, -0.05) is 115 Å². The van der Waals surface area contributed by atoms with Crippen molar-refractivity contribution in [1.82, 2.24) is 19.9 Å². The van der Waals surface area contributed by atoms with Gasteiger partial charge in [-0.2, -0.15) is 5.10 Å². The number of nitrogens with one attached hydrogen (secondary N) is 2. The van der Waals surface area contributed by atoms with E-state index >= 15 is 0 Å². The summed E-state index contributed by atoms with van der Waals surface area (Å²) in [6.45, 7) is 0. The Morgan fingerprint density at radius 2 is 0.831 bits per heavy atom. The number of hydrogen-bond donors (Lipinski definition) is 2. The Morgan fingerprint density at radius 3 is 1.36 bits per heavy atom. The normalized spacial score (nSPS) is 13.4. The molecule has 278 valence electrons. The predicted octanol–water partition coefficient (Wildman–Crippen LogP) is 12.2. The van der Waals surface area contributed by atoms with E-state index in [1.165, 1.54) is 38.2 Å². The molecule has 0 spiro atoms. The van der Waals surface area contributed by atoms with E-state index in [1.807, 2.05) is 97.1 Å². The van der Waals surface area contributed by atoms with Gasteiger partial charge in [-0.15, -0.1) is 0 Å². The van der Waals surface area contributed by atoms with Crippen molar-refractivity contribution in [3.05, 3.63) is 212 Å². The first-order valence-electron chi connectivity index (χ1n) is 19.4. The van der Waals surface area contributed by atoms with Crippen LogP contribution in [-0.4, -0.2) is 31.4 Å². The van der Waals surface area contributed by atoms with Crippen LogP contribution in [0.3, 0.4) is 0 Å². The Bertz CT molecular complexity index is 3060. The fourth-order valence-corrected chi connectivity index (χ4v) is 7.80. The molecule has 1 aliphatic rings. The van der Waals surface area contributed by atoms with Gasteiger partial charge in [-0.3, -0.25) is 20.8 Å². The molecular weight excluding hydrogens is 723 g/mol. The van der Waals surface area contributed by atoms with E-state index in [0.717, 1.165) is 34.0 Å². The number of allylic oxidation sites excluding steroid dienone is 4. The molecular formula is C52H35N7. The molecule has 0 bridgehead atoms. The second-order valence-corrected chi connectivity index (χ2v) is 14.1. The minimum Gasteiger partial charge on any atom is -0.298 e. The van der Waals surface area contributed by atoms with E-state index < -0.39 is 0 Å². The Kier molecular flexibility index (Phi) is 9.21. The molecule has 59 heavy (non-hydrogen) atoms. The lowest BCUT2D eigenvalue weighted by Crippen LogP contribution is -2.22. The van der Waals surface area contributed by atoms with Crippen LogP contribution in [0.1, 0.15) is 11.4 Å². The van der Waals surface area contributed by atoms with Crippen LogP contribution in [-0.2, 0) is 0 Å². The standard InChI is InChI=1S/C52H35N7/c53-51-41(43-22-12-24-47(56-43)45-20-8-10-32-54-45)30-31-42(44-23-13-25-48(57-44)46-21-9-11-33-55-46)52(51)59-58-36-28-26-35(27-29-36)50-39-18-6-4-16-37(39)49(34-14-2-1-3-15-34)38-17-5-7-19-40(38)50/h1-33,53,58H. The van der Waals surface area contributed by atoms with Crippen LogP contribution in [0.2, 0.25) is 0 Å². The van der Waals surface area contributed by atoms with Gasteiger partial charge >= 0.3 is 0 Å². The summed E-state index contributed by atoms with van der Waals surface area (Å²) in [5.74, 6) is 0. The highest BCUT2D eigenvalue weighted by atomic mass is 15.3. The Balaban J connectivity index is 1.03. The van der Waals surface area contributed by atoms with Crippen LogP contribution in [0.15, 0.2) is 206 Å². The van der Waals surface area contributed by atoms with Crippen molar-refractivity contribution in [1.29, 1.82) is 5.41 Å². The molecule has 0 amide bonds. The van der Waals surface area contributed by atoms with Crippen LogP contribution < -0.4 is 5.43 Å². The van der Waals surface area contributed by atoms with Crippen LogP contribution in [0.5, 0.6) is 0 Å². The van der Waals surface area contributed by atoms with E-state index in [9.17, 15) is 5.41 Å². The number of anilines is 1. The van der Waals surface area contributed by atoms with E-state index in [4.69, 9.17) is 15.1 Å². The van der Waals surface area contributed by atoms with Gasteiger partial charge in [0.15, 0.2) is 0 Å². The van der Waals surface area contributed by atoms with Gasteiger partial charge in [0, 0.05) is 23.5 Å². The summed E-state index contributed by atoms with van der Waals surface area (Å²) in [6, 6.07) is 59.4. The molecule has 7 heteroatoms. The molecule has 0 atom stereocenters. The molecule has 0 radical (unpaired) electrons. The molecule has 0 saturated carbocycles. The minimum atomic E-state index is 0.221. The van der Waals surface area contributed by atoms with Gasteiger partial charge in [0.1, 0.15) is 5.71 Å². The maximum atomic E-state index is 9.58. The first kappa shape index (κ1) is 35.3. The largest absolute Gasteiger partial charge is 0.298 e. The topological polar surface area (TPSA) is 99.8 Å². The number of fused-ring (bicyclic) bond motifs is 2. The van der Waals surface area contributed by atoms with E-state index in [-0.39, 0.29) is 5.71 Å². The summed E-state index contributed by atoms with van der Waals surface area (Å²) in [7, 11) is 0. The first-order valence-corrected chi connectivity index (χ1v) is 19.4. The third kappa shape index (κ3) is 6.77. The van der Waals surface area contributed by atoms with Crippen molar-refractivity contribution in [2.75, 3.05) is 5.43 Å². The molecule has 5 aromatic carbocycles. The van der Waals surface area contributed by atoms with Crippen LogP contribution in [0, 0.1) is 5.41 Å². The molecule has 0 unspecified atom stereocenters. The third-order valence-electron chi connectivity index (χ3n) is 10.5. The lowest BCUT2D eigenvalue weighted by molar-refractivity contribution is 1.22. The molecule has 9 aromatic rings. The Morgan fingerprint density at radius 1 is 0.390 bits per heavy atom. The minimum absolute atomic E-state index is 0.221. The first-order chi connectivity index (χ1) is 29.2. The third-order valence-corrected chi connectivity index (χ3v) is 10.5. The average Bonchev–Trinajstić information content (AvgIpc) is 3.31. The van der Waals surface area contributed by atoms with Gasteiger partial charge in [-0.25, -0.2) is 9.97 Å². The van der Waals surface area contributed by atoms with Crippen molar-refractivity contribution in [2.45, 2.75) is 0 Å². The number of nitrogens with zero attached hydrogens (tertiary/aromatic N) is 5. The van der Waals surface area contributed by atoms with Crippen molar-refractivity contribution in [2.24, 2.45) is 5.10 Å². The van der Waals surface area contributed by atoms with E-state index in [1.54, 1.807) is 12.4 Å². The van der Waals surface area contributed by atoms with E-state index in [2.05, 4.69) is 106 Å². The van der Waals surface area contributed by atoms with Gasteiger partial charge in [0.05, 0.1) is 45.6 Å². The molecule has 7 nitrogen and oxygen atoms in total. The van der Waals surface area contributed by atoms with Crippen molar-refractivity contribution < 1.29 is 0 Å². The number of hydrazone groups is 1. The summed E-state index contributed by atoms with van der Waals surface area (Å²) >= 11 is 0. The lowest BCUT2D eigenvalue weighted by atomic mass is 9.86. The van der Waals surface area contributed by atoms with E-state index in [0.29, 0.717) is 28.2 Å². The summed E-state index contributed by atoms with van der Waals surface area (Å²) in [5.41, 5.74) is 15.1. The van der Waals surface area contributed by atoms with Crippen LogP contribution in [0.25, 0.3) is 77.7 Å². The van der Waals surface area contributed by atoms with Gasteiger partial charge in [-0.05, 0) is 117 Å². The molecule has 0 aliphatic heterocycles. The number of hydrogen-bond acceptors (Lipinski definition) is 7. The second kappa shape index (κ2) is 15.4.